The molecule has 0 aliphatic carbocycles. The summed E-state index contributed by atoms with van der Waals surface area (Å²) >= 11 is 5.88. The minimum Gasteiger partial charge on any atom is -0.493 e. The molecule has 10 heteroatoms. The van der Waals surface area contributed by atoms with Crippen LogP contribution in [0.25, 0.3) is 5.69 Å². The standard InChI is InChI=1S/C24H26ClNO7S/c1-3-34(29,30)16-20(27)15-33-22-9-8-19(12-23(22)31-2)26-11-10-21(13-24(26)28)32-14-17-4-6-18(25)7-5-17/h4-13,20,27H,3,14-16H2,1-2H3/t20-/m0/s1. The van der Waals surface area contributed by atoms with E-state index in [2.05, 4.69) is 0 Å². The lowest BCUT2D eigenvalue weighted by Gasteiger charge is -2.16. The number of sulfone groups is 1. The van der Waals surface area contributed by atoms with Crippen LogP contribution >= 0.6 is 11.6 Å². The van der Waals surface area contributed by atoms with Gasteiger partial charge in [-0.05, 0) is 35.9 Å². The van der Waals surface area contributed by atoms with Crippen LogP contribution in [0.5, 0.6) is 17.2 Å². The van der Waals surface area contributed by atoms with Crippen molar-refractivity contribution in [1.29, 1.82) is 0 Å². The zero-order valence-corrected chi connectivity index (χ0v) is 20.4. The molecule has 0 unspecified atom stereocenters. The van der Waals surface area contributed by atoms with Crippen molar-refractivity contribution in [3.05, 3.63) is 81.7 Å². The van der Waals surface area contributed by atoms with Gasteiger partial charge in [0.25, 0.3) is 5.56 Å². The fourth-order valence-corrected chi connectivity index (χ4v) is 4.13. The molecule has 34 heavy (non-hydrogen) atoms. The monoisotopic (exact) mass is 507 g/mol. The average Bonchev–Trinajstić information content (AvgIpc) is 2.82. The molecule has 0 amide bonds. The van der Waals surface area contributed by atoms with Gasteiger partial charge in [-0.2, -0.15) is 0 Å². The predicted octanol–water partition coefficient (Wildman–Crippen LogP) is 3.25. The van der Waals surface area contributed by atoms with Gasteiger partial charge in [0.2, 0.25) is 0 Å². The van der Waals surface area contributed by atoms with Crippen molar-refractivity contribution in [2.24, 2.45) is 0 Å². The zero-order chi connectivity index (χ0) is 24.7. The molecule has 0 aliphatic heterocycles. The van der Waals surface area contributed by atoms with Gasteiger partial charge in [0, 0.05) is 29.1 Å². The lowest BCUT2D eigenvalue weighted by atomic mass is 10.2. The van der Waals surface area contributed by atoms with Gasteiger partial charge in [-0.25, -0.2) is 8.42 Å². The number of benzene rings is 2. The maximum Gasteiger partial charge on any atom is 0.258 e. The van der Waals surface area contributed by atoms with Crippen LogP contribution in [0.15, 0.2) is 65.6 Å². The first-order valence-electron chi connectivity index (χ1n) is 10.5. The second-order valence-electron chi connectivity index (χ2n) is 7.48. The summed E-state index contributed by atoms with van der Waals surface area (Å²) in [6.45, 7) is 1.60. The number of pyridine rings is 1. The van der Waals surface area contributed by atoms with Gasteiger partial charge in [-0.3, -0.25) is 9.36 Å². The van der Waals surface area contributed by atoms with E-state index in [0.29, 0.717) is 34.6 Å². The molecule has 2 aromatic carbocycles. The van der Waals surface area contributed by atoms with Crippen LogP contribution in [0.1, 0.15) is 12.5 Å². The third kappa shape index (κ3) is 6.99. The van der Waals surface area contributed by atoms with Crippen LogP contribution in [0.2, 0.25) is 5.02 Å². The summed E-state index contributed by atoms with van der Waals surface area (Å²) in [5.74, 6) is 0.639. The molecule has 0 spiro atoms. The molecule has 1 atom stereocenters. The predicted molar refractivity (Wildman–Crippen MR) is 130 cm³/mol. The molecule has 8 nitrogen and oxygen atoms in total. The first-order valence-corrected chi connectivity index (χ1v) is 12.7. The minimum absolute atomic E-state index is 0.0538. The zero-order valence-electron chi connectivity index (χ0n) is 18.8. The number of rotatable bonds is 11. The highest BCUT2D eigenvalue weighted by Gasteiger charge is 2.17. The number of methoxy groups -OCH3 is 1. The maximum atomic E-state index is 12.7. The van der Waals surface area contributed by atoms with Gasteiger partial charge >= 0.3 is 0 Å². The third-order valence-electron chi connectivity index (χ3n) is 4.95. The van der Waals surface area contributed by atoms with Crippen molar-refractivity contribution in [2.75, 3.05) is 25.2 Å². The summed E-state index contributed by atoms with van der Waals surface area (Å²) in [7, 11) is -1.88. The van der Waals surface area contributed by atoms with Crippen LogP contribution in [0.4, 0.5) is 0 Å². The molecule has 1 N–H and O–H groups in total. The van der Waals surface area contributed by atoms with Crippen LogP contribution < -0.4 is 19.8 Å². The van der Waals surface area contributed by atoms with Gasteiger partial charge < -0.3 is 19.3 Å². The Hall–Kier alpha value is -3.01. The normalized spacial score (nSPS) is 12.2. The molecule has 0 saturated heterocycles. The summed E-state index contributed by atoms with van der Waals surface area (Å²) in [4.78, 5) is 12.7. The molecule has 3 aromatic rings. The van der Waals surface area contributed by atoms with Crippen molar-refractivity contribution in [3.8, 4) is 22.9 Å². The molecule has 182 valence electrons. The summed E-state index contributed by atoms with van der Waals surface area (Å²) in [6, 6.07) is 15.2. The Morgan fingerprint density at radius 1 is 1.03 bits per heavy atom. The molecular weight excluding hydrogens is 482 g/mol. The Morgan fingerprint density at radius 2 is 1.76 bits per heavy atom. The first-order chi connectivity index (χ1) is 16.2. The number of ether oxygens (including phenoxy) is 3. The van der Waals surface area contributed by atoms with E-state index in [9.17, 15) is 18.3 Å². The Balaban J connectivity index is 1.69. The van der Waals surface area contributed by atoms with Crippen LogP contribution in [-0.4, -0.2) is 49.4 Å². The largest absolute Gasteiger partial charge is 0.493 e. The fraction of sp³-hybridized carbons (Fsp3) is 0.292. The van der Waals surface area contributed by atoms with Crippen LogP contribution in [0, 0.1) is 0 Å². The lowest BCUT2D eigenvalue weighted by Crippen LogP contribution is -2.28. The second kappa shape index (κ2) is 11.4. The van der Waals surface area contributed by atoms with Crippen molar-refractivity contribution >= 4 is 21.4 Å². The number of aliphatic hydroxyl groups is 1. The van der Waals surface area contributed by atoms with Crippen LogP contribution in [0.3, 0.4) is 0 Å². The number of nitrogens with zero attached hydrogens (tertiary/aromatic N) is 1. The SMILES string of the molecule is CCS(=O)(=O)C[C@@H](O)COc1ccc(-n2ccc(OCc3ccc(Cl)cc3)cc2=O)cc1OC. The van der Waals surface area contributed by atoms with Crippen LogP contribution in [-0.2, 0) is 16.4 Å². The van der Waals surface area contributed by atoms with E-state index in [0.717, 1.165) is 5.56 Å². The molecule has 1 heterocycles. The fourth-order valence-electron chi connectivity index (χ4n) is 3.08. The number of halogens is 1. The van der Waals surface area contributed by atoms with E-state index in [1.807, 2.05) is 12.1 Å². The lowest BCUT2D eigenvalue weighted by molar-refractivity contribution is 0.123. The highest BCUT2D eigenvalue weighted by molar-refractivity contribution is 7.91. The molecular formula is C24H26ClNO7S. The highest BCUT2D eigenvalue weighted by atomic mass is 35.5. The van der Waals surface area contributed by atoms with E-state index < -0.39 is 15.9 Å². The topological polar surface area (TPSA) is 104 Å². The number of aromatic nitrogens is 1. The Kier molecular flexibility index (Phi) is 8.60. The Bertz CT molecular complexity index is 1270. The van der Waals surface area contributed by atoms with E-state index in [4.69, 9.17) is 25.8 Å². The number of hydrogen-bond donors (Lipinski definition) is 1. The quantitative estimate of drug-likeness (QED) is 0.425. The maximum absolute atomic E-state index is 12.7. The van der Waals surface area contributed by atoms with E-state index in [1.165, 1.54) is 24.7 Å². The number of hydrogen-bond acceptors (Lipinski definition) is 7. The van der Waals surface area contributed by atoms with Gasteiger partial charge in [0.1, 0.15) is 25.1 Å². The first kappa shape index (κ1) is 25.6. The smallest absolute Gasteiger partial charge is 0.258 e. The second-order valence-corrected chi connectivity index (χ2v) is 10.3. The third-order valence-corrected chi connectivity index (χ3v) is 6.98. The molecule has 0 aliphatic rings. The minimum atomic E-state index is -3.33. The van der Waals surface area contributed by atoms with Crippen molar-refractivity contribution < 1.29 is 27.7 Å². The van der Waals surface area contributed by atoms with E-state index in [1.54, 1.807) is 42.6 Å². The summed E-state index contributed by atoms with van der Waals surface area (Å²) in [6.07, 6.45) is 0.422. The van der Waals surface area contributed by atoms with Crippen molar-refractivity contribution in [2.45, 2.75) is 19.6 Å². The van der Waals surface area contributed by atoms with Gasteiger partial charge in [-0.1, -0.05) is 30.7 Å². The molecule has 1 aromatic heterocycles. The van der Waals surface area contributed by atoms with Gasteiger partial charge in [0.15, 0.2) is 21.3 Å². The molecule has 0 saturated carbocycles. The summed E-state index contributed by atoms with van der Waals surface area (Å²) < 4.78 is 41.3. The molecule has 0 radical (unpaired) electrons. The average molecular weight is 508 g/mol. The molecule has 3 rings (SSSR count). The molecule has 0 fully saturated rings. The Morgan fingerprint density at radius 3 is 2.41 bits per heavy atom. The van der Waals surface area contributed by atoms with Crippen molar-refractivity contribution in [3.63, 3.8) is 0 Å². The van der Waals surface area contributed by atoms with E-state index >= 15 is 0 Å². The summed E-state index contributed by atoms with van der Waals surface area (Å²) in [5.41, 5.74) is 1.16. The highest BCUT2D eigenvalue weighted by Crippen LogP contribution is 2.29. The number of aliphatic hydroxyl groups excluding tert-OH is 1. The van der Waals surface area contributed by atoms with E-state index in [-0.39, 0.29) is 23.7 Å². The summed E-state index contributed by atoms with van der Waals surface area (Å²) in [5, 5.41) is 10.6. The van der Waals surface area contributed by atoms with Gasteiger partial charge in [0.05, 0.1) is 18.6 Å². The van der Waals surface area contributed by atoms with Gasteiger partial charge in [-0.15, -0.1) is 0 Å². The molecule has 0 bridgehead atoms. The Labute approximate surface area is 203 Å². The van der Waals surface area contributed by atoms with Crippen molar-refractivity contribution in [1.82, 2.24) is 4.57 Å².